The highest BCUT2D eigenvalue weighted by Gasteiger charge is 2.33. The topological polar surface area (TPSA) is 154 Å². The normalized spacial score (nSPS) is 11.6. The monoisotopic (exact) mass is 548 g/mol. The molecule has 12 heteroatoms. The van der Waals surface area contributed by atoms with Crippen molar-refractivity contribution in [2.45, 2.75) is 52.6 Å². The van der Waals surface area contributed by atoms with Crippen LogP contribution in [-0.4, -0.2) is 67.0 Å². The molecule has 0 radical (unpaired) electrons. The molecule has 2 aromatic heterocycles. The molecule has 0 saturated carbocycles. The lowest BCUT2D eigenvalue weighted by molar-refractivity contribution is -0.151. The molecule has 210 valence electrons. The molecule has 2 N–H and O–H groups in total. The Morgan fingerprint density at radius 1 is 1.07 bits per heavy atom. The molecule has 0 unspecified atom stereocenters. The van der Waals surface area contributed by atoms with Crippen molar-refractivity contribution in [3.8, 4) is 22.5 Å². The molecule has 4 rings (SSSR count). The van der Waals surface area contributed by atoms with Gasteiger partial charge < -0.3 is 23.9 Å². The number of carbonyl (C=O) groups excluding carboxylic acids is 2. The van der Waals surface area contributed by atoms with Crippen LogP contribution < -0.4 is 0 Å². The van der Waals surface area contributed by atoms with Gasteiger partial charge in [-0.2, -0.15) is 5.21 Å². The lowest BCUT2D eigenvalue weighted by Crippen LogP contribution is -2.25. The number of carbonyl (C=O) groups is 2. The van der Waals surface area contributed by atoms with Crippen LogP contribution in [0.4, 0.5) is 0 Å². The number of aromatic nitrogens is 6. The highest BCUT2D eigenvalue weighted by molar-refractivity contribution is 5.91. The van der Waals surface area contributed by atoms with Gasteiger partial charge in [-0.25, -0.2) is 14.6 Å². The smallest absolute Gasteiger partial charge is 0.357 e. The second-order valence-corrected chi connectivity index (χ2v) is 9.90. The first-order valence-corrected chi connectivity index (χ1v) is 12.7. The van der Waals surface area contributed by atoms with E-state index >= 15 is 0 Å². The second kappa shape index (κ2) is 12.2. The molecule has 2 aromatic carbocycles. The first-order chi connectivity index (χ1) is 19.1. The number of nitrogens with one attached hydrogen (secondary N) is 1. The maximum Gasteiger partial charge on any atom is 0.357 e. The summed E-state index contributed by atoms with van der Waals surface area (Å²) in [6.07, 6.45) is -0.348. The minimum absolute atomic E-state index is 0.0309. The van der Waals surface area contributed by atoms with Crippen LogP contribution in [-0.2, 0) is 37.8 Å². The van der Waals surface area contributed by atoms with E-state index in [2.05, 4.69) is 25.6 Å². The van der Waals surface area contributed by atoms with Crippen LogP contribution in [0.5, 0.6) is 0 Å². The van der Waals surface area contributed by atoms with Crippen molar-refractivity contribution in [3.05, 3.63) is 71.3 Å². The summed E-state index contributed by atoms with van der Waals surface area (Å²) in [7, 11) is 1.51. The van der Waals surface area contributed by atoms with E-state index in [9.17, 15) is 14.7 Å². The number of benzene rings is 2. The predicted octanol–water partition coefficient (Wildman–Crippen LogP) is 3.26. The molecule has 0 aliphatic carbocycles. The van der Waals surface area contributed by atoms with Gasteiger partial charge in [-0.1, -0.05) is 48.5 Å². The number of hydrogen-bond acceptors (Lipinski definition) is 10. The third-order valence-electron chi connectivity index (χ3n) is 5.90. The summed E-state index contributed by atoms with van der Waals surface area (Å²) >= 11 is 0. The Morgan fingerprint density at radius 3 is 2.38 bits per heavy atom. The zero-order chi connectivity index (χ0) is 28.9. The summed E-state index contributed by atoms with van der Waals surface area (Å²) in [5.74, 6) is -0.573. The van der Waals surface area contributed by atoms with Crippen molar-refractivity contribution in [2.24, 2.45) is 0 Å². The van der Waals surface area contributed by atoms with Gasteiger partial charge in [-0.3, -0.25) is 0 Å². The molecule has 0 bridgehead atoms. The van der Waals surface area contributed by atoms with Crippen molar-refractivity contribution in [1.82, 2.24) is 30.2 Å². The largest absolute Gasteiger partial charge is 0.460 e. The van der Waals surface area contributed by atoms with E-state index in [1.54, 1.807) is 18.4 Å². The Morgan fingerprint density at radius 2 is 1.77 bits per heavy atom. The Labute approximate surface area is 231 Å². The van der Waals surface area contributed by atoms with Crippen molar-refractivity contribution < 1.29 is 28.9 Å². The van der Waals surface area contributed by atoms with Gasteiger partial charge in [-0.15, -0.1) is 10.2 Å². The number of tetrazole rings is 1. The lowest BCUT2D eigenvalue weighted by atomic mass is 9.98. The quantitative estimate of drug-likeness (QED) is 0.267. The fourth-order valence-electron chi connectivity index (χ4n) is 4.21. The van der Waals surface area contributed by atoms with Gasteiger partial charge in [0, 0.05) is 19.2 Å². The highest BCUT2D eigenvalue weighted by atomic mass is 16.6. The van der Waals surface area contributed by atoms with Crippen molar-refractivity contribution in [3.63, 3.8) is 0 Å². The van der Waals surface area contributed by atoms with Crippen LogP contribution in [0.3, 0.4) is 0 Å². The van der Waals surface area contributed by atoms with Crippen LogP contribution in [0.15, 0.2) is 48.5 Å². The lowest BCUT2D eigenvalue weighted by Gasteiger charge is -2.18. The molecule has 0 saturated heterocycles. The number of aliphatic hydroxyl groups is 1. The van der Waals surface area contributed by atoms with Gasteiger partial charge in [0.05, 0.1) is 6.10 Å². The number of H-pyrrole nitrogens is 1. The molecule has 0 fully saturated rings. The fraction of sp³-hybridized carbons (Fsp3) is 0.357. The Balaban J connectivity index is 1.67. The van der Waals surface area contributed by atoms with Crippen molar-refractivity contribution in [1.29, 1.82) is 0 Å². The molecule has 0 amide bonds. The van der Waals surface area contributed by atoms with Crippen LogP contribution >= 0.6 is 0 Å². The average molecular weight is 549 g/mol. The van der Waals surface area contributed by atoms with Crippen LogP contribution in [0.1, 0.15) is 55.3 Å². The molecule has 0 atom stereocenters. The molecule has 12 nitrogen and oxygen atoms in total. The zero-order valence-corrected chi connectivity index (χ0v) is 23.0. The molecule has 0 aliphatic heterocycles. The maximum absolute atomic E-state index is 13.3. The van der Waals surface area contributed by atoms with Gasteiger partial charge in [0.15, 0.2) is 12.3 Å². The number of nitrogens with zero attached hydrogens (tertiary/aromatic N) is 5. The van der Waals surface area contributed by atoms with E-state index < -0.39 is 24.1 Å². The number of rotatable bonds is 11. The number of ether oxygens (including phenoxy) is 3. The van der Waals surface area contributed by atoms with Gasteiger partial charge in [0.2, 0.25) is 5.82 Å². The van der Waals surface area contributed by atoms with E-state index in [1.165, 1.54) is 21.0 Å². The summed E-state index contributed by atoms with van der Waals surface area (Å²) in [6.45, 7) is 6.20. The summed E-state index contributed by atoms with van der Waals surface area (Å²) in [6, 6.07) is 15.5. The van der Waals surface area contributed by atoms with E-state index in [0.717, 1.165) is 22.3 Å². The van der Waals surface area contributed by atoms with E-state index in [1.807, 2.05) is 48.5 Å². The van der Waals surface area contributed by atoms with Crippen molar-refractivity contribution in [2.75, 3.05) is 13.7 Å². The molecular formula is C28H32N6O6. The third kappa shape index (κ3) is 6.58. The van der Waals surface area contributed by atoms with Crippen molar-refractivity contribution >= 4 is 11.9 Å². The van der Waals surface area contributed by atoms with Gasteiger partial charge >= 0.3 is 11.9 Å². The summed E-state index contributed by atoms with van der Waals surface area (Å²) in [5.41, 5.74) is 2.23. The Kier molecular flexibility index (Phi) is 8.70. The number of methoxy groups -OCH3 is 1. The van der Waals surface area contributed by atoms with Crippen LogP contribution in [0.25, 0.3) is 22.5 Å². The van der Waals surface area contributed by atoms with E-state index in [4.69, 9.17) is 14.2 Å². The van der Waals surface area contributed by atoms with Gasteiger partial charge in [0.25, 0.3) is 0 Å². The number of imidazole rings is 1. The van der Waals surface area contributed by atoms with Gasteiger partial charge in [-0.05, 0) is 49.6 Å². The highest BCUT2D eigenvalue weighted by Crippen LogP contribution is 2.31. The zero-order valence-electron chi connectivity index (χ0n) is 23.0. The average Bonchev–Trinajstić information content (AvgIpc) is 3.57. The van der Waals surface area contributed by atoms with Gasteiger partial charge in [0.1, 0.15) is 23.7 Å². The predicted molar refractivity (Wildman–Crippen MR) is 144 cm³/mol. The molecular weight excluding hydrogens is 516 g/mol. The molecule has 0 aliphatic rings. The van der Waals surface area contributed by atoms with Crippen LogP contribution in [0, 0.1) is 0 Å². The summed E-state index contributed by atoms with van der Waals surface area (Å²) in [4.78, 5) is 29.8. The SMILES string of the molecule is COCc1nc(C(C)(C)O)c(C(=O)OCC(=O)OC(C)C)n1Cc1ccc(-c2ccccc2-c2nn[nH]n2)cc1. The first kappa shape index (κ1) is 28.6. The third-order valence-corrected chi connectivity index (χ3v) is 5.90. The number of aromatic amines is 1. The summed E-state index contributed by atoms with van der Waals surface area (Å²) in [5, 5.41) is 25.2. The minimum Gasteiger partial charge on any atom is -0.460 e. The Hall–Kier alpha value is -4.42. The maximum atomic E-state index is 13.3. The van der Waals surface area contributed by atoms with E-state index in [0.29, 0.717) is 11.6 Å². The molecule has 0 spiro atoms. The second-order valence-electron chi connectivity index (χ2n) is 9.90. The molecule has 2 heterocycles. The van der Waals surface area contributed by atoms with E-state index in [-0.39, 0.29) is 30.6 Å². The number of esters is 2. The standard InChI is InChI=1S/C28H32N6O6/c1-17(2)40-23(35)16-39-27(36)24-25(28(3,4)37)29-22(15-38-5)34(24)14-18-10-12-19(13-11-18)20-8-6-7-9-21(20)26-30-32-33-31-26/h6-13,17,37H,14-16H2,1-5H3,(H,30,31,32,33). The fourth-order valence-corrected chi connectivity index (χ4v) is 4.21. The number of hydrogen-bond donors (Lipinski definition) is 2. The molecule has 4 aromatic rings. The molecule has 40 heavy (non-hydrogen) atoms. The van der Waals surface area contributed by atoms with Crippen LogP contribution in [0.2, 0.25) is 0 Å². The Bertz CT molecular complexity index is 1460. The summed E-state index contributed by atoms with van der Waals surface area (Å²) < 4.78 is 17.3. The first-order valence-electron chi connectivity index (χ1n) is 12.7. The minimum atomic E-state index is -1.47.